The summed E-state index contributed by atoms with van der Waals surface area (Å²) in [5.41, 5.74) is 5.57. The van der Waals surface area contributed by atoms with Crippen LogP contribution in [-0.4, -0.2) is 5.11 Å². The molecular weight excluding hydrogens is 274 g/mol. The third-order valence-electron chi connectivity index (χ3n) is 4.45. The summed E-state index contributed by atoms with van der Waals surface area (Å²) in [6, 6.07) is 9.49. The van der Waals surface area contributed by atoms with E-state index < -0.39 is 0 Å². The second-order valence-corrected chi connectivity index (χ2v) is 5.82. The Bertz CT molecular complexity index is 944. The molecule has 0 aliphatic heterocycles. The Hall–Kier alpha value is -2.73. The fourth-order valence-corrected chi connectivity index (χ4v) is 3.37. The van der Waals surface area contributed by atoms with E-state index in [9.17, 15) is 5.11 Å². The highest BCUT2D eigenvalue weighted by atomic mass is 16.3. The molecule has 0 saturated carbocycles. The molecule has 3 aromatic rings. The van der Waals surface area contributed by atoms with Crippen molar-refractivity contribution >= 4 is 16.7 Å². The molecule has 22 heavy (non-hydrogen) atoms. The molecular formula is C19H15NO2. The van der Waals surface area contributed by atoms with Crippen LogP contribution in [0, 0.1) is 13.5 Å². The third-order valence-corrected chi connectivity index (χ3v) is 4.45. The Kier molecular flexibility index (Phi) is 2.74. The van der Waals surface area contributed by atoms with Gasteiger partial charge in [0, 0.05) is 16.5 Å². The molecule has 0 bridgehead atoms. The van der Waals surface area contributed by atoms with Gasteiger partial charge in [0.15, 0.2) is 0 Å². The zero-order valence-electron chi connectivity index (χ0n) is 12.3. The minimum Gasteiger partial charge on any atom is -0.508 e. The summed E-state index contributed by atoms with van der Waals surface area (Å²) in [4.78, 5) is 3.65. The molecule has 1 heterocycles. The number of hydrogen-bond acceptors (Lipinski definition) is 2. The average Bonchev–Trinajstić information content (AvgIpc) is 2.76. The molecule has 108 valence electrons. The maximum Gasteiger partial charge on any atom is 0.232 e. The fourth-order valence-electron chi connectivity index (χ4n) is 3.37. The van der Waals surface area contributed by atoms with Crippen molar-refractivity contribution in [2.45, 2.75) is 26.2 Å². The number of phenols is 1. The van der Waals surface area contributed by atoms with Crippen LogP contribution >= 0.6 is 0 Å². The van der Waals surface area contributed by atoms with Gasteiger partial charge in [0.05, 0.1) is 6.57 Å². The van der Waals surface area contributed by atoms with Gasteiger partial charge >= 0.3 is 0 Å². The molecule has 1 N–H and O–H groups in total. The van der Waals surface area contributed by atoms with Crippen LogP contribution in [-0.2, 0) is 12.8 Å². The van der Waals surface area contributed by atoms with E-state index in [0.717, 1.165) is 47.1 Å². The van der Waals surface area contributed by atoms with Crippen LogP contribution in [0.4, 0.5) is 5.69 Å². The minimum atomic E-state index is 0.288. The van der Waals surface area contributed by atoms with Crippen LogP contribution in [0.3, 0.4) is 0 Å². The SMILES string of the molecule is [C-]#[N+]c1c(C)ccc2c3c(oc12)-c1ccc(O)cc1CCC3. The van der Waals surface area contributed by atoms with Crippen molar-refractivity contribution in [3.05, 3.63) is 58.4 Å². The monoisotopic (exact) mass is 289 g/mol. The van der Waals surface area contributed by atoms with E-state index in [0.29, 0.717) is 11.3 Å². The topological polar surface area (TPSA) is 37.7 Å². The molecule has 1 aliphatic rings. The predicted octanol–water partition coefficient (Wildman–Crippen LogP) is 5.15. The lowest BCUT2D eigenvalue weighted by Crippen LogP contribution is -1.86. The average molecular weight is 289 g/mol. The number of fused-ring (bicyclic) bond motifs is 5. The molecule has 2 aromatic carbocycles. The van der Waals surface area contributed by atoms with Crippen molar-refractivity contribution in [1.29, 1.82) is 0 Å². The Labute approximate surface area is 128 Å². The molecule has 0 fully saturated rings. The first-order valence-electron chi connectivity index (χ1n) is 7.43. The second kappa shape index (κ2) is 4.64. The van der Waals surface area contributed by atoms with E-state index in [2.05, 4.69) is 10.9 Å². The van der Waals surface area contributed by atoms with E-state index in [1.807, 2.05) is 25.1 Å². The van der Waals surface area contributed by atoms with Gasteiger partial charge in [0.2, 0.25) is 5.69 Å². The Morgan fingerprint density at radius 1 is 1.18 bits per heavy atom. The molecule has 1 aliphatic carbocycles. The van der Waals surface area contributed by atoms with Crippen LogP contribution in [0.2, 0.25) is 0 Å². The Morgan fingerprint density at radius 2 is 2.05 bits per heavy atom. The van der Waals surface area contributed by atoms with Crippen molar-refractivity contribution in [1.82, 2.24) is 0 Å². The number of aromatic hydroxyl groups is 1. The zero-order valence-corrected chi connectivity index (χ0v) is 12.3. The maximum absolute atomic E-state index is 9.72. The molecule has 1 aromatic heterocycles. The summed E-state index contributed by atoms with van der Waals surface area (Å²) in [7, 11) is 0. The molecule has 0 radical (unpaired) electrons. The summed E-state index contributed by atoms with van der Waals surface area (Å²) in [5, 5.41) is 10.8. The van der Waals surface area contributed by atoms with Gasteiger partial charge in [-0.2, -0.15) is 0 Å². The lowest BCUT2D eigenvalue weighted by Gasteiger charge is -2.05. The highest BCUT2D eigenvalue weighted by Gasteiger charge is 2.23. The van der Waals surface area contributed by atoms with Gasteiger partial charge in [-0.1, -0.05) is 12.1 Å². The van der Waals surface area contributed by atoms with Gasteiger partial charge < -0.3 is 9.52 Å². The van der Waals surface area contributed by atoms with Crippen LogP contribution < -0.4 is 0 Å². The van der Waals surface area contributed by atoms with Crippen molar-refractivity contribution in [3.8, 4) is 17.1 Å². The van der Waals surface area contributed by atoms with E-state index in [-0.39, 0.29) is 5.75 Å². The Balaban J connectivity index is 2.09. The first kappa shape index (κ1) is 13.0. The lowest BCUT2D eigenvalue weighted by atomic mass is 10.0. The largest absolute Gasteiger partial charge is 0.508 e. The molecule has 3 nitrogen and oxygen atoms in total. The molecule has 0 atom stereocenters. The number of nitrogens with zero attached hydrogens (tertiary/aromatic N) is 1. The molecule has 0 amide bonds. The van der Waals surface area contributed by atoms with Crippen LogP contribution in [0.5, 0.6) is 5.75 Å². The molecule has 0 unspecified atom stereocenters. The van der Waals surface area contributed by atoms with E-state index >= 15 is 0 Å². The quantitative estimate of drug-likeness (QED) is 0.581. The van der Waals surface area contributed by atoms with E-state index in [1.54, 1.807) is 6.07 Å². The highest BCUT2D eigenvalue weighted by Crippen LogP contribution is 2.43. The van der Waals surface area contributed by atoms with Crippen molar-refractivity contribution in [2.24, 2.45) is 0 Å². The van der Waals surface area contributed by atoms with Gasteiger partial charge in [-0.15, -0.1) is 0 Å². The first-order valence-corrected chi connectivity index (χ1v) is 7.43. The summed E-state index contributed by atoms with van der Waals surface area (Å²) >= 11 is 0. The predicted molar refractivity (Wildman–Crippen MR) is 86.3 cm³/mol. The number of rotatable bonds is 0. The normalized spacial score (nSPS) is 13.3. The van der Waals surface area contributed by atoms with Gasteiger partial charge in [-0.3, -0.25) is 0 Å². The summed E-state index contributed by atoms with van der Waals surface area (Å²) in [6.07, 6.45) is 2.87. The standard InChI is InChI=1S/C19H15NO2/c1-11-6-8-16-15-5-3-4-12-10-13(21)7-9-14(12)18(15)22-19(16)17(11)20-2/h6-10,21H,3-5H2,1H3. The van der Waals surface area contributed by atoms with Crippen LogP contribution in [0.1, 0.15) is 23.1 Å². The molecule has 3 heteroatoms. The second-order valence-electron chi connectivity index (χ2n) is 5.82. The maximum atomic E-state index is 9.72. The molecule has 0 spiro atoms. The third kappa shape index (κ3) is 1.74. The Morgan fingerprint density at radius 3 is 2.86 bits per heavy atom. The first-order chi connectivity index (χ1) is 10.7. The lowest BCUT2D eigenvalue weighted by molar-refractivity contribution is 0.474. The van der Waals surface area contributed by atoms with E-state index in [4.69, 9.17) is 11.0 Å². The highest BCUT2D eigenvalue weighted by molar-refractivity contribution is 5.97. The smallest absolute Gasteiger partial charge is 0.232 e. The van der Waals surface area contributed by atoms with Crippen LogP contribution in [0.25, 0.3) is 27.1 Å². The van der Waals surface area contributed by atoms with Crippen LogP contribution in [0.15, 0.2) is 34.7 Å². The van der Waals surface area contributed by atoms with Crippen molar-refractivity contribution in [3.63, 3.8) is 0 Å². The number of phenolic OH excluding ortho intramolecular Hbond substituents is 1. The number of hydrogen-bond donors (Lipinski definition) is 1. The van der Waals surface area contributed by atoms with E-state index in [1.165, 1.54) is 5.56 Å². The van der Waals surface area contributed by atoms with Crippen molar-refractivity contribution < 1.29 is 9.52 Å². The van der Waals surface area contributed by atoms with Gasteiger partial charge in [0.1, 0.15) is 17.1 Å². The van der Waals surface area contributed by atoms with Gasteiger partial charge in [-0.25, -0.2) is 4.85 Å². The molecule has 4 rings (SSSR count). The van der Waals surface area contributed by atoms with Gasteiger partial charge in [0.25, 0.3) is 0 Å². The molecule has 0 saturated heterocycles. The number of furan rings is 1. The summed E-state index contributed by atoms with van der Waals surface area (Å²) in [6.45, 7) is 9.36. The number of aryl methyl sites for hydroxylation is 3. The fraction of sp³-hybridized carbons (Fsp3) is 0.211. The minimum absolute atomic E-state index is 0.288. The number of benzene rings is 2. The van der Waals surface area contributed by atoms with Gasteiger partial charge in [-0.05, 0) is 55.5 Å². The van der Waals surface area contributed by atoms with Crippen molar-refractivity contribution in [2.75, 3.05) is 0 Å². The zero-order chi connectivity index (χ0) is 15.3. The summed E-state index contributed by atoms with van der Waals surface area (Å²) < 4.78 is 6.14. The summed E-state index contributed by atoms with van der Waals surface area (Å²) in [5.74, 6) is 1.15.